The van der Waals surface area contributed by atoms with Crippen LogP contribution in [0.2, 0.25) is 0 Å². The van der Waals surface area contributed by atoms with Gasteiger partial charge in [-0.05, 0) is 44.4 Å². The minimum atomic E-state index is -4.40. The van der Waals surface area contributed by atoms with Crippen molar-refractivity contribution in [3.05, 3.63) is 53.8 Å². The van der Waals surface area contributed by atoms with Gasteiger partial charge in [-0.15, -0.1) is 0 Å². The number of likely N-dealkylation sites (N-methyl/N-ethyl adjacent to an activating group) is 1. The number of aryl methyl sites for hydroxylation is 1. The van der Waals surface area contributed by atoms with E-state index in [1.54, 1.807) is 25.1 Å². The highest BCUT2D eigenvalue weighted by atomic mass is 32.2. The second-order valence-corrected chi connectivity index (χ2v) is 11.2. The molecule has 10 heteroatoms. The lowest BCUT2D eigenvalue weighted by Gasteiger charge is -2.37. The van der Waals surface area contributed by atoms with Crippen LogP contribution in [-0.2, 0) is 14.8 Å². The van der Waals surface area contributed by atoms with Crippen LogP contribution < -0.4 is 0 Å². The summed E-state index contributed by atoms with van der Waals surface area (Å²) in [5, 5.41) is 0. The van der Waals surface area contributed by atoms with Gasteiger partial charge in [-0.1, -0.05) is 29.8 Å². The molecular formula is C25H28F4N2O3S. The van der Waals surface area contributed by atoms with E-state index in [0.717, 1.165) is 4.31 Å². The van der Waals surface area contributed by atoms with Gasteiger partial charge in [-0.2, -0.15) is 4.31 Å². The lowest BCUT2D eigenvalue weighted by atomic mass is 9.91. The number of carbonyl (C=O) groups is 1. The number of alkyl halides is 3. The van der Waals surface area contributed by atoms with E-state index in [2.05, 4.69) is 0 Å². The van der Waals surface area contributed by atoms with Gasteiger partial charge in [0.05, 0.1) is 4.90 Å². The topological polar surface area (TPSA) is 57.7 Å². The van der Waals surface area contributed by atoms with Crippen molar-refractivity contribution >= 4 is 15.9 Å². The molecule has 1 heterocycles. The molecule has 1 saturated heterocycles. The first-order valence-electron chi connectivity index (χ1n) is 11.6. The smallest absolute Gasteiger partial charge is 0.248 e. The van der Waals surface area contributed by atoms with Crippen molar-refractivity contribution < 1.29 is 30.8 Å². The number of halogens is 4. The van der Waals surface area contributed by atoms with Gasteiger partial charge in [-0.25, -0.2) is 26.0 Å². The van der Waals surface area contributed by atoms with Crippen LogP contribution in [0, 0.1) is 12.7 Å². The molecule has 2 aliphatic rings. The maximum absolute atomic E-state index is 15.0. The third-order valence-corrected chi connectivity index (χ3v) is 8.94. The summed E-state index contributed by atoms with van der Waals surface area (Å²) in [5.41, 5.74) is 0.904. The number of sulfonamides is 1. The van der Waals surface area contributed by atoms with Crippen LogP contribution in [0.3, 0.4) is 0 Å². The van der Waals surface area contributed by atoms with E-state index < -0.39 is 45.9 Å². The summed E-state index contributed by atoms with van der Waals surface area (Å²) in [6.07, 6.45) is -2.56. The van der Waals surface area contributed by atoms with Crippen molar-refractivity contribution in [3.63, 3.8) is 0 Å². The first kappa shape index (κ1) is 25.6. The fourth-order valence-electron chi connectivity index (χ4n) is 4.96. The average molecular weight is 513 g/mol. The van der Waals surface area contributed by atoms with Gasteiger partial charge in [0, 0.05) is 43.6 Å². The van der Waals surface area contributed by atoms with E-state index in [4.69, 9.17) is 0 Å². The van der Waals surface area contributed by atoms with Crippen LogP contribution in [0.1, 0.15) is 37.7 Å². The Bertz CT molecular complexity index is 1210. The minimum Gasteiger partial charge on any atom is -0.341 e. The molecule has 35 heavy (non-hydrogen) atoms. The third-order valence-electron chi connectivity index (χ3n) is 7.00. The van der Waals surface area contributed by atoms with Gasteiger partial charge in [0.15, 0.2) is 0 Å². The van der Waals surface area contributed by atoms with Gasteiger partial charge in [-0.3, -0.25) is 4.79 Å². The Hall–Kier alpha value is -2.46. The van der Waals surface area contributed by atoms with Crippen molar-refractivity contribution in [1.29, 1.82) is 0 Å². The van der Waals surface area contributed by atoms with Crippen LogP contribution in [0.25, 0.3) is 11.1 Å². The van der Waals surface area contributed by atoms with Crippen LogP contribution in [0.15, 0.2) is 47.4 Å². The Morgan fingerprint density at radius 3 is 2.37 bits per heavy atom. The number of hydrogen-bond donors (Lipinski definition) is 0. The van der Waals surface area contributed by atoms with E-state index in [-0.39, 0.29) is 54.7 Å². The molecule has 0 radical (unpaired) electrons. The fourth-order valence-corrected chi connectivity index (χ4v) is 6.77. The Morgan fingerprint density at radius 1 is 1.06 bits per heavy atom. The number of hydrogen-bond acceptors (Lipinski definition) is 3. The maximum Gasteiger partial charge on any atom is 0.248 e. The Balaban J connectivity index is 1.68. The first-order chi connectivity index (χ1) is 16.4. The number of amides is 1. The fraction of sp³-hybridized carbons (Fsp3) is 0.480. The second kappa shape index (κ2) is 9.54. The average Bonchev–Trinajstić information content (AvgIpc) is 3.20. The summed E-state index contributed by atoms with van der Waals surface area (Å²) in [6.45, 7) is 1.52. The largest absolute Gasteiger partial charge is 0.341 e. The van der Waals surface area contributed by atoms with Crippen LogP contribution in [-0.4, -0.2) is 61.3 Å². The van der Waals surface area contributed by atoms with Crippen LogP contribution >= 0.6 is 0 Å². The molecule has 190 valence electrons. The molecule has 2 atom stereocenters. The first-order valence-corrected chi connectivity index (χ1v) is 13.0. The third kappa shape index (κ3) is 4.95. The van der Waals surface area contributed by atoms with Crippen LogP contribution in [0.4, 0.5) is 17.6 Å². The monoisotopic (exact) mass is 512 g/mol. The maximum atomic E-state index is 15.0. The molecule has 5 nitrogen and oxygen atoms in total. The molecular weight excluding hydrogens is 484 g/mol. The highest BCUT2D eigenvalue weighted by Gasteiger charge is 2.49. The van der Waals surface area contributed by atoms with Gasteiger partial charge < -0.3 is 4.90 Å². The predicted octanol–water partition coefficient (Wildman–Crippen LogP) is 4.94. The molecule has 1 aliphatic carbocycles. The van der Waals surface area contributed by atoms with Crippen LogP contribution in [0.5, 0.6) is 0 Å². The predicted molar refractivity (Wildman–Crippen MR) is 124 cm³/mol. The van der Waals surface area contributed by atoms with Gasteiger partial charge in [0.2, 0.25) is 21.9 Å². The molecule has 0 spiro atoms. The molecule has 1 aliphatic heterocycles. The Morgan fingerprint density at radius 2 is 1.71 bits per heavy atom. The van der Waals surface area contributed by atoms with Crippen molar-refractivity contribution in [2.75, 3.05) is 13.6 Å². The number of carbonyl (C=O) groups excluding carboxylic acids is 1. The lowest BCUT2D eigenvalue weighted by Crippen LogP contribution is -2.53. The second-order valence-electron chi connectivity index (χ2n) is 9.38. The lowest BCUT2D eigenvalue weighted by molar-refractivity contribution is -0.139. The summed E-state index contributed by atoms with van der Waals surface area (Å²) < 4.78 is 85.1. The molecule has 2 fully saturated rings. The molecule has 2 aromatic carbocycles. The molecule has 0 N–H and O–H groups in total. The SMILES string of the molecule is Cc1ccc(S(=O)(=O)N2CCC(F)C2C(=O)N(C)C2CCC(F)(F)CC2)c(-c2ccccc2F)c1. The zero-order valence-electron chi connectivity index (χ0n) is 19.6. The normalized spacial score (nSPS) is 23.4. The van der Waals surface area contributed by atoms with Gasteiger partial charge in [0.1, 0.15) is 18.0 Å². The molecule has 0 aromatic heterocycles. The summed E-state index contributed by atoms with van der Waals surface area (Å²) in [6, 6.07) is 8.06. The van der Waals surface area contributed by atoms with E-state index in [9.17, 15) is 26.4 Å². The minimum absolute atomic E-state index is 0.0566. The van der Waals surface area contributed by atoms with Crippen molar-refractivity contribution in [2.45, 2.75) is 68.1 Å². The molecule has 2 unspecified atom stereocenters. The molecule has 1 amide bonds. The van der Waals surface area contributed by atoms with E-state index in [1.165, 1.54) is 36.2 Å². The van der Waals surface area contributed by atoms with Gasteiger partial charge >= 0.3 is 0 Å². The molecule has 2 aromatic rings. The molecule has 4 rings (SSSR count). The van der Waals surface area contributed by atoms with E-state index in [1.807, 2.05) is 0 Å². The zero-order chi connectivity index (χ0) is 25.5. The Labute approximate surface area is 202 Å². The standard InChI is InChI=1S/C25H28F4N2O3S/c1-16-7-8-22(19(15-16)18-5-3-4-6-20(18)26)35(33,34)31-14-11-21(27)23(31)24(32)30(2)17-9-12-25(28,29)13-10-17/h3-8,15,17,21,23H,9-14H2,1-2H3. The number of rotatable bonds is 5. The summed E-state index contributed by atoms with van der Waals surface area (Å²) in [5.74, 6) is -4.16. The van der Waals surface area contributed by atoms with Crippen molar-refractivity contribution in [2.24, 2.45) is 0 Å². The molecule has 1 saturated carbocycles. The van der Waals surface area contributed by atoms with Gasteiger partial charge in [0.25, 0.3) is 0 Å². The van der Waals surface area contributed by atoms with E-state index in [0.29, 0.717) is 5.56 Å². The number of nitrogens with zero attached hydrogens (tertiary/aromatic N) is 2. The number of benzene rings is 2. The zero-order valence-corrected chi connectivity index (χ0v) is 20.4. The van der Waals surface area contributed by atoms with Crippen molar-refractivity contribution in [1.82, 2.24) is 9.21 Å². The highest BCUT2D eigenvalue weighted by Crippen LogP contribution is 2.38. The summed E-state index contributed by atoms with van der Waals surface area (Å²) in [7, 11) is -3.00. The highest BCUT2D eigenvalue weighted by molar-refractivity contribution is 7.89. The molecule has 0 bridgehead atoms. The van der Waals surface area contributed by atoms with Crippen molar-refractivity contribution in [3.8, 4) is 11.1 Å². The van der Waals surface area contributed by atoms with E-state index >= 15 is 4.39 Å². The summed E-state index contributed by atoms with van der Waals surface area (Å²) in [4.78, 5) is 14.3. The quantitative estimate of drug-likeness (QED) is 0.534. The summed E-state index contributed by atoms with van der Waals surface area (Å²) >= 11 is 0. The Kier molecular flexibility index (Phi) is 6.98.